The smallest absolute Gasteiger partial charge is 0.258 e. The Hall–Kier alpha value is -2.79. The summed E-state index contributed by atoms with van der Waals surface area (Å²) in [6.45, 7) is 2.01. The number of fused-ring (bicyclic) bond motifs is 2. The van der Waals surface area contributed by atoms with E-state index < -0.39 is 0 Å². The number of amides is 2. The van der Waals surface area contributed by atoms with Crippen LogP contribution in [0.15, 0.2) is 48.5 Å². The topological polar surface area (TPSA) is 59.1 Å². The second-order valence-electron chi connectivity index (χ2n) is 5.46. The molecule has 1 aromatic heterocycles. The monoisotopic (exact) mass is 356 g/mol. The number of benzene rings is 2. The van der Waals surface area contributed by atoms with Crippen molar-refractivity contribution in [1.29, 1.82) is 0 Å². The van der Waals surface area contributed by atoms with Crippen LogP contribution in [0.25, 0.3) is 10.9 Å². The lowest BCUT2D eigenvalue weighted by Gasteiger charge is -2.03. The molecule has 2 amide bonds. The molecule has 0 saturated carbocycles. The highest BCUT2D eigenvalue weighted by atomic mass is 35.5. The Labute approximate surface area is 148 Å². The number of aryl methyl sites for hydroxylation is 1. The molecule has 0 radical (unpaired) electrons. The molecular formula is C19H14ClFN2O2. The number of pyridine rings is 1. The number of carbonyl (C=O) groups excluding carboxylic acids is 2. The molecule has 1 aliphatic rings. The minimum Gasteiger partial charge on any atom is -0.288 e. The van der Waals surface area contributed by atoms with Crippen molar-refractivity contribution in [2.75, 3.05) is 0 Å². The van der Waals surface area contributed by atoms with E-state index in [9.17, 15) is 14.0 Å². The fraction of sp³-hybridized carbons (Fsp3) is 0.105. The maximum Gasteiger partial charge on any atom is 0.258 e. The van der Waals surface area contributed by atoms with Gasteiger partial charge in [-0.2, -0.15) is 0 Å². The van der Waals surface area contributed by atoms with E-state index in [-0.39, 0.29) is 17.6 Å². The zero-order valence-corrected chi connectivity index (χ0v) is 14.1. The van der Waals surface area contributed by atoms with Gasteiger partial charge in [-0.05, 0) is 42.3 Å². The molecule has 25 heavy (non-hydrogen) atoms. The fourth-order valence-corrected chi connectivity index (χ4v) is 2.80. The first-order chi connectivity index (χ1) is 12.0. The summed E-state index contributed by atoms with van der Waals surface area (Å²) in [5.41, 5.74) is 2.54. The van der Waals surface area contributed by atoms with Crippen LogP contribution in [-0.4, -0.2) is 16.8 Å². The van der Waals surface area contributed by atoms with Crippen molar-refractivity contribution in [2.24, 2.45) is 0 Å². The summed E-state index contributed by atoms with van der Waals surface area (Å²) in [5, 5.41) is 3.59. The number of hydrogen-bond acceptors (Lipinski definition) is 3. The van der Waals surface area contributed by atoms with Crippen molar-refractivity contribution < 1.29 is 14.0 Å². The van der Waals surface area contributed by atoms with Gasteiger partial charge in [0.2, 0.25) is 0 Å². The zero-order valence-electron chi connectivity index (χ0n) is 13.3. The van der Waals surface area contributed by atoms with E-state index in [4.69, 9.17) is 11.6 Å². The van der Waals surface area contributed by atoms with Crippen LogP contribution >= 0.6 is 11.6 Å². The quantitative estimate of drug-likeness (QED) is 0.526. The Morgan fingerprint density at radius 2 is 1.68 bits per heavy atom. The van der Waals surface area contributed by atoms with Crippen molar-refractivity contribution >= 4 is 34.3 Å². The molecule has 3 aromatic rings. The minimum absolute atomic E-state index is 0.287. The summed E-state index contributed by atoms with van der Waals surface area (Å²) in [7, 11) is 0. The number of halogens is 2. The molecule has 2 heterocycles. The van der Waals surface area contributed by atoms with Crippen LogP contribution in [0.4, 0.5) is 4.39 Å². The minimum atomic E-state index is -0.300. The van der Waals surface area contributed by atoms with Gasteiger partial charge in [0.15, 0.2) is 0 Å². The van der Waals surface area contributed by atoms with Crippen LogP contribution in [0.1, 0.15) is 33.2 Å². The highest BCUT2D eigenvalue weighted by Gasteiger charge is 2.25. The van der Waals surface area contributed by atoms with Crippen molar-refractivity contribution in [3.05, 3.63) is 76.2 Å². The first kappa shape index (κ1) is 17.0. The van der Waals surface area contributed by atoms with Gasteiger partial charge in [0.25, 0.3) is 11.8 Å². The molecule has 0 fully saturated rings. The summed E-state index contributed by atoms with van der Waals surface area (Å²) in [6, 6.07) is 13.2. The zero-order chi connectivity index (χ0) is 18.0. The molecule has 0 saturated heterocycles. The SMILES string of the molecule is CCc1cc2ccc(F)cc2nc1Cl.O=C1NC(=O)c2ccccc21. The van der Waals surface area contributed by atoms with Crippen molar-refractivity contribution in [3.63, 3.8) is 0 Å². The van der Waals surface area contributed by atoms with E-state index in [1.54, 1.807) is 30.3 Å². The molecule has 0 bridgehead atoms. The lowest BCUT2D eigenvalue weighted by atomic mass is 10.1. The maximum absolute atomic E-state index is 12.9. The predicted molar refractivity (Wildman–Crippen MR) is 94.3 cm³/mol. The van der Waals surface area contributed by atoms with Crippen LogP contribution in [0.2, 0.25) is 5.15 Å². The van der Waals surface area contributed by atoms with E-state index in [1.165, 1.54) is 12.1 Å². The van der Waals surface area contributed by atoms with Gasteiger partial charge in [-0.3, -0.25) is 14.9 Å². The van der Waals surface area contributed by atoms with Crippen LogP contribution in [0, 0.1) is 5.82 Å². The largest absolute Gasteiger partial charge is 0.288 e. The molecule has 0 atom stereocenters. The fourth-order valence-electron chi connectivity index (χ4n) is 2.53. The van der Waals surface area contributed by atoms with Crippen LogP contribution < -0.4 is 5.32 Å². The molecule has 4 rings (SSSR count). The van der Waals surface area contributed by atoms with Crippen LogP contribution in [0.3, 0.4) is 0 Å². The molecule has 1 N–H and O–H groups in total. The third-order valence-electron chi connectivity index (χ3n) is 3.83. The standard InChI is InChI=1S/C11H9ClFN.C8H5NO2/c1-2-7-5-8-3-4-9(13)6-10(8)14-11(7)12;10-7-5-3-1-2-4-6(5)8(11)9-7/h3-6H,2H2,1H3;1-4H,(H,9,10,11). The first-order valence-corrected chi connectivity index (χ1v) is 8.06. The Morgan fingerprint density at radius 3 is 2.28 bits per heavy atom. The van der Waals surface area contributed by atoms with E-state index >= 15 is 0 Å². The molecule has 126 valence electrons. The highest BCUT2D eigenvalue weighted by Crippen LogP contribution is 2.21. The molecule has 2 aromatic carbocycles. The van der Waals surface area contributed by atoms with E-state index in [1.807, 2.05) is 13.0 Å². The summed E-state index contributed by atoms with van der Waals surface area (Å²) >= 11 is 5.92. The van der Waals surface area contributed by atoms with Crippen molar-refractivity contribution in [2.45, 2.75) is 13.3 Å². The van der Waals surface area contributed by atoms with Gasteiger partial charge in [-0.15, -0.1) is 0 Å². The Bertz CT molecular complexity index is 955. The average Bonchev–Trinajstić information content (AvgIpc) is 2.89. The number of imide groups is 1. The highest BCUT2D eigenvalue weighted by molar-refractivity contribution is 6.30. The number of rotatable bonds is 1. The van der Waals surface area contributed by atoms with Crippen LogP contribution in [0.5, 0.6) is 0 Å². The predicted octanol–water partition coefficient (Wildman–Crippen LogP) is 4.16. The van der Waals surface area contributed by atoms with E-state index in [0.717, 1.165) is 17.4 Å². The number of nitrogens with one attached hydrogen (secondary N) is 1. The van der Waals surface area contributed by atoms with Gasteiger partial charge in [0.05, 0.1) is 16.6 Å². The van der Waals surface area contributed by atoms with Gasteiger partial charge in [0.1, 0.15) is 11.0 Å². The van der Waals surface area contributed by atoms with Crippen molar-refractivity contribution in [1.82, 2.24) is 10.3 Å². The average molecular weight is 357 g/mol. The summed E-state index contributed by atoms with van der Waals surface area (Å²) in [4.78, 5) is 26.0. The number of nitrogens with zero attached hydrogens (tertiary/aromatic N) is 1. The van der Waals surface area contributed by atoms with E-state index in [0.29, 0.717) is 21.8 Å². The number of aromatic nitrogens is 1. The molecule has 0 aliphatic carbocycles. The van der Waals surface area contributed by atoms with Gasteiger partial charge < -0.3 is 0 Å². The molecule has 4 nitrogen and oxygen atoms in total. The molecule has 0 spiro atoms. The Balaban J connectivity index is 0.000000150. The van der Waals surface area contributed by atoms with Crippen LogP contribution in [-0.2, 0) is 6.42 Å². The third-order valence-corrected chi connectivity index (χ3v) is 4.16. The lowest BCUT2D eigenvalue weighted by molar-refractivity contribution is 0.0879. The maximum atomic E-state index is 12.9. The molecule has 1 aliphatic heterocycles. The first-order valence-electron chi connectivity index (χ1n) is 7.69. The normalized spacial score (nSPS) is 12.4. The Morgan fingerprint density at radius 1 is 1.04 bits per heavy atom. The molecule has 6 heteroatoms. The van der Waals surface area contributed by atoms with Crippen molar-refractivity contribution in [3.8, 4) is 0 Å². The van der Waals surface area contributed by atoms with Gasteiger partial charge in [-0.1, -0.05) is 30.7 Å². The summed E-state index contributed by atoms with van der Waals surface area (Å²) in [5.74, 6) is -0.887. The summed E-state index contributed by atoms with van der Waals surface area (Å²) in [6.07, 6.45) is 0.832. The number of hydrogen-bond donors (Lipinski definition) is 1. The second-order valence-corrected chi connectivity index (χ2v) is 5.82. The third kappa shape index (κ3) is 3.51. The molecule has 0 unspecified atom stereocenters. The van der Waals surface area contributed by atoms with Gasteiger partial charge in [-0.25, -0.2) is 9.37 Å². The van der Waals surface area contributed by atoms with Gasteiger partial charge >= 0.3 is 0 Å². The van der Waals surface area contributed by atoms with E-state index in [2.05, 4.69) is 10.3 Å². The lowest BCUT2D eigenvalue weighted by Crippen LogP contribution is -2.19. The number of carbonyl (C=O) groups is 2. The Kier molecular flexibility index (Phi) is 4.76. The second kappa shape index (κ2) is 6.99. The molecular weight excluding hydrogens is 343 g/mol. The summed E-state index contributed by atoms with van der Waals surface area (Å²) < 4.78 is 12.9. The van der Waals surface area contributed by atoms with Gasteiger partial charge in [0, 0.05) is 11.5 Å².